The minimum absolute atomic E-state index is 0.0844. The van der Waals surface area contributed by atoms with Gasteiger partial charge >= 0.3 is 0 Å². The molecule has 4 rings (SSSR count). The predicted molar refractivity (Wildman–Crippen MR) is 103 cm³/mol. The lowest BCUT2D eigenvalue weighted by atomic mass is 10.00. The number of ketones is 1. The number of Topliss-reactive ketones (excluding diaryl/α,β-unsaturated/α-hetero) is 1. The zero-order chi connectivity index (χ0) is 19.5. The molecule has 0 spiro atoms. The van der Waals surface area contributed by atoms with Gasteiger partial charge in [-0.2, -0.15) is 5.26 Å². The number of carbonyl (C=O) groups is 1. The molecule has 2 heterocycles. The molecule has 0 aliphatic carbocycles. The fourth-order valence-corrected chi connectivity index (χ4v) is 3.24. The molecule has 0 amide bonds. The lowest BCUT2D eigenvalue weighted by Gasteiger charge is -2.22. The van der Waals surface area contributed by atoms with Gasteiger partial charge in [-0.15, -0.1) is 0 Å². The summed E-state index contributed by atoms with van der Waals surface area (Å²) >= 11 is 0. The van der Waals surface area contributed by atoms with Crippen LogP contribution in [0.4, 0.5) is 0 Å². The van der Waals surface area contributed by atoms with Crippen LogP contribution in [0.25, 0.3) is 0 Å². The number of nitriles is 1. The van der Waals surface area contributed by atoms with Crippen LogP contribution in [-0.4, -0.2) is 17.4 Å². The molecule has 0 bridgehead atoms. The van der Waals surface area contributed by atoms with E-state index >= 15 is 0 Å². The summed E-state index contributed by atoms with van der Waals surface area (Å²) in [7, 11) is 0. The first-order valence-corrected chi connectivity index (χ1v) is 9.03. The number of aromatic nitrogens is 1. The van der Waals surface area contributed by atoms with Crippen molar-refractivity contribution in [3.05, 3.63) is 88.7 Å². The van der Waals surface area contributed by atoms with Crippen LogP contribution in [0.15, 0.2) is 60.8 Å². The monoisotopic (exact) mass is 370 g/mol. The van der Waals surface area contributed by atoms with Crippen LogP contribution in [0, 0.1) is 18.3 Å². The topological polar surface area (TPSA) is 72.2 Å². The molecule has 0 N–H and O–H groups in total. The summed E-state index contributed by atoms with van der Waals surface area (Å²) in [6, 6.07) is 18.6. The van der Waals surface area contributed by atoms with Gasteiger partial charge in [0.1, 0.15) is 17.6 Å². The van der Waals surface area contributed by atoms with Gasteiger partial charge in [0.15, 0.2) is 5.78 Å². The molecule has 1 unspecified atom stereocenters. The van der Waals surface area contributed by atoms with Crippen molar-refractivity contribution < 1.29 is 14.3 Å². The smallest absolute Gasteiger partial charge is 0.169 e. The van der Waals surface area contributed by atoms with E-state index in [0.717, 1.165) is 16.8 Å². The Hall–Kier alpha value is -3.65. The number of pyridine rings is 1. The van der Waals surface area contributed by atoms with Crippen molar-refractivity contribution >= 4 is 5.78 Å². The van der Waals surface area contributed by atoms with E-state index in [2.05, 4.69) is 11.1 Å². The number of hydrogen-bond acceptors (Lipinski definition) is 5. The highest BCUT2D eigenvalue weighted by Crippen LogP contribution is 2.34. The first-order chi connectivity index (χ1) is 13.6. The third kappa shape index (κ3) is 3.58. The van der Waals surface area contributed by atoms with Crippen LogP contribution in [0.3, 0.4) is 0 Å². The Morgan fingerprint density at radius 1 is 1.11 bits per heavy atom. The van der Waals surface area contributed by atoms with E-state index in [1.54, 1.807) is 36.5 Å². The van der Waals surface area contributed by atoms with Crippen molar-refractivity contribution in [3.8, 4) is 17.6 Å². The highest BCUT2D eigenvalue weighted by molar-refractivity contribution is 5.99. The van der Waals surface area contributed by atoms with Crippen LogP contribution in [0.5, 0.6) is 11.5 Å². The molecule has 0 saturated heterocycles. The van der Waals surface area contributed by atoms with Crippen molar-refractivity contribution in [2.24, 2.45) is 0 Å². The molecule has 138 valence electrons. The molecule has 1 aromatic heterocycles. The predicted octanol–water partition coefficient (Wildman–Crippen LogP) is 4.40. The average Bonchev–Trinajstić information content (AvgIpc) is 2.72. The Labute approximate surface area is 163 Å². The van der Waals surface area contributed by atoms with E-state index in [4.69, 9.17) is 14.7 Å². The zero-order valence-electron chi connectivity index (χ0n) is 15.4. The van der Waals surface area contributed by atoms with Gasteiger partial charge in [-0.3, -0.25) is 9.78 Å². The third-order valence-electron chi connectivity index (χ3n) is 4.66. The van der Waals surface area contributed by atoms with Crippen molar-refractivity contribution in [3.63, 3.8) is 0 Å². The van der Waals surface area contributed by atoms with Gasteiger partial charge in [-0.25, -0.2) is 0 Å². The first kappa shape index (κ1) is 17.7. The molecule has 5 nitrogen and oxygen atoms in total. The number of hydrogen-bond donors (Lipinski definition) is 0. The molecule has 1 aliphatic rings. The Balaban J connectivity index is 1.71. The van der Waals surface area contributed by atoms with Crippen LogP contribution >= 0.6 is 0 Å². The molecule has 5 heteroatoms. The maximum Gasteiger partial charge on any atom is 0.169 e. The van der Waals surface area contributed by atoms with Gasteiger partial charge in [0.2, 0.25) is 0 Å². The molecule has 0 radical (unpaired) electrons. The third-order valence-corrected chi connectivity index (χ3v) is 4.66. The number of aryl methyl sites for hydroxylation is 1. The lowest BCUT2D eigenvalue weighted by molar-refractivity contribution is 0.0933. The highest BCUT2D eigenvalue weighted by atomic mass is 16.5. The molecular formula is C23H18N2O3. The van der Waals surface area contributed by atoms with Crippen LogP contribution < -0.4 is 9.47 Å². The van der Waals surface area contributed by atoms with Crippen molar-refractivity contribution in [1.82, 2.24) is 4.98 Å². The molecular weight excluding hydrogens is 352 g/mol. The van der Waals surface area contributed by atoms with Gasteiger partial charge in [0.25, 0.3) is 0 Å². The Kier molecular flexibility index (Phi) is 4.77. The summed E-state index contributed by atoms with van der Waals surface area (Å²) in [4.78, 5) is 16.3. The van der Waals surface area contributed by atoms with E-state index in [0.29, 0.717) is 35.7 Å². The number of rotatable bonds is 4. The van der Waals surface area contributed by atoms with Crippen LogP contribution in [-0.2, 0) is 0 Å². The van der Waals surface area contributed by atoms with Gasteiger partial charge in [-0.05, 0) is 48.9 Å². The number of fused-ring (bicyclic) bond motifs is 1. The van der Waals surface area contributed by atoms with E-state index in [-0.39, 0.29) is 11.9 Å². The molecule has 0 saturated carbocycles. The Morgan fingerprint density at radius 3 is 2.68 bits per heavy atom. The van der Waals surface area contributed by atoms with E-state index in [9.17, 15) is 4.79 Å². The van der Waals surface area contributed by atoms with Gasteiger partial charge < -0.3 is 9.47 Å². The SMILES string of the molecule is Cc1cc(C(Oc2ccc3c(c2)OCCC3=O)c2ccc(C#N)cc2)ccn1. The summed E-state index contributed by atoms with van der Waals surface area (Å²) in [5, 5.41) is 9.06. The lowest BCUT2D eigenvalue weighted by Crippen LogP contribution is -2.16. The summed E-state index contributed by atoms with van der Waals surface area (Å²) in [6.07, 6.45) is 1.77. The summed E-state index contributed by atoms with van der Waals surface area (Å²) in [6.45, 7) is 2.32. The Bertz CT molecular complexity index is 1070. The molecule has 0 fully saturated rings. The van der Waals surface area contributed by atoms with E-state index in [1.165, 1.54) is 0 Å². The minimum Gasteiger partial charge on any atom is -0.492 e. The average molecular weight is 370 g/mol. The van der Waals surface area contributed by atoms with Gasteiger partial charge in [0, 0.05) is 29.9 Å². The van der Waals surface area contributed by atoms with Crippen LogP contribution in [0.2, 0.25) is 0 Å². The van der Waals surface area contributed by atoms with Crippen molar-refractivity contribution in [2.45, 2.75) is 19.4 Å². The minimum atomic E-state index is -0.383. The second kappa shape index (κ2) is 7.53. The van der Waals surface area contributed by atoms with E-state index < -0.39 is 0 Å². The normalized spacial score (nSPS) is 13.8. The number of benzene rings is 2. The van der Waals surface area contributed by atoms with Crippen molar-refractivity contribution in [2.75, 3.05) is 6.61 Å². The second-order valence-corrected chi connectivity index (χ2v) is 6.64. The van der Waals surface area contributed by atoms with Gasteiger partial charge in [-0.1, -0.05) is 12.1 Å². The van der Waals surface area contributed by atoms with E-state index in [1.807, 2.05) is 31.2 Å². The molecule has 1 atom stereocenters. The highest BCUT2D eigenvalue weighted by Gasteiger charge is 2.21. The largest absolute Gasteiger partial charge is 0.492 e. The molecule has 1 aliphatic heterocycles. The van der Waals surface area contributed by atoms with Crippen LogP contribution in [0.1, 0.15) is 45.3 Å². The van der Waals surface area contributed by atoms with Gasteiger partial charge in [0.05, 0.1) is 23.8 Å². The zero-order valence-corrected chi connectivity index (χ0v) is 15.4. The summed E-state index contributed by atoms with van der Waals surface area (Å²) < 4.78 is 11.9. The fraction of sp³-hybridized carbons (Fsp3) is 0.174. The quantitative estimate of drug-likeness (QED) is 0.681. The number of ether oxygens (including phenoxy) is 2. The molecule has 2 aromatic carbocycles. The molecule has 3 aromatic rings. The maximum atomic E-state index is 12.0. The Morgan fingerprint density at radius 2 is 1.93 bits per heavy atom. The number of nitrogens with zero attached hydrogens (tertiary/aromatic N) is 2. The first-order valence-electron chi connectivity index (χ1n) is 9.03. The summed E-state index contributed by atoms with van der Waals surface area (Å²) in [5.74, 6) is 1.25. The standard InChI is InChI=1S/C23H18N2O3/c1-15-12-18(8-10-25-15)23(17-4-2-16(14-24)3-5-17)28-19-6-7-20-21(26)9-11-27-22(20)13-19/h2-8,10,12-13,23H,9,11H2,1H3. The summed E-state index contributed by atoms with van der Waals surface area (Å²) in [5.41, 5.74) is 3.94. The number of carbonyl (C=O) groups excluding carboxylic acids is 1. The van der Waals surface area contributed by atoms with Crippen molar-refractivity contribution in [1.29, 1.82) is 5.26 Å². The molecule has 28 heavy (non-hydrogen) atoms. The fourth-order valence-electron chi connectivity index (χ4n) is 3.24. The second-order valence-electron chi connectivity index (χ2n) is 6.64. The maximum absolute atomic E-state index is 12.0.